The number of aryl methyl sites for hydroxylation is 1. The van der Waals surface area contributed by atoms with Gasteiger partial charge < -0.3 is 10.0 Å². The Hall–Kier alpha value is -2.96. The molecule has 1 aromatic heterocycles. The fourth-order valence-electron chi connectivity index (χ4n) is 5.66. The Morgan fingerprint density at radius 1 is 1.03 bits per heavy atom. The highest BCUT2D eigenvalue weighted by molar-refractivity contribution is 7.18. The summed E-state index contributed by atoms with van der Waals surface area (Å²) in [5.74, 6) is -0.584. The van der Waals surface area contributed by atoms with Gasteiger partial charge in [-0.05, 0) is 48.4 Å². The van der Waals surface area contributed by atoms with E-state index in [1.54, 1.807) is 0 Å². The van der Waals surface area contributed by atoms with Gasteiger partial charge in [-0.1, -0.05) is 73.9 Å². The summed E-state index contributed by atoms with van der Waals surface area (Å²) in [4.78, 5) is 31.3. The summed E-state index contributed by atoms with van der Waals surface area (Å²) in [6.45, 7) is 3.91. The van der Waals surface area contributed by atoms with Crippen LogP contribution >= 0.6 is 11.3 Å². The van der Waals surface area contributed by atoms with Gasteiger partial charge in [0.15, 0.2) is 0 Å². The number of piperazine rings is 1. The van der Waals surface area contributed by atoms with Crippen molar-refractivity contribution in [2.45, 2.75) is 51.6 Å². The van der Waals surface area contributed by atoms with E-state index in [0.717, 1.165) is 36.4 Å². The molecule has 2 aliphatic rings. The predicted molar refractivity (Wildman–Crippen MR) is 141 cm³/mol. The minimum atomic E-state index is -0.968. The van der Waals surface area contributed by atoms with Crippen molar-refractivity contribution in [3.63, 3.8) is 0 Å². The molecule has 0 bridgehead atoms. The molecule has 1 amide bonds. The lowest BCUT2D eigenvalue weighted by atomic mass is 9.82. The first-order chi connectivity index (χ1) is 17.0. The molecule has 1 saturated heterocycles. The third kappa shape index (κ3) is 5.04. The Morgan fingerprint density at radius 3 is 2.46 bits per heavy atom. The minimum absolute atomic E-state index is 0.000296. The zero-order valence-electron chi connectivity index (χ0n) is 20.2. The number of hydrogen-bond acceptors (Lipinski definition) is 4. The zero-order valence-corrected chi connectivity index (χ0v) is 21.0. The highest BCUT2D eigenvalue weighted by Crippen LogP contribution is 2.41. The van der Waals surface area contributed by atoms with Crippen molar-refractivity contribution in [2.24, 2.45) is 5.92 Å². The third-order valence-electron chi connectivity index (χ3n) is 7.48. The standard InChI is InChI=1S/C29H32N2O3S/c1-20-10-8-9-15-23(20)17-30-18-25(21-11-4-2-5-12-21)31(27(32)19-30)24-16-26(35-28(24)29(33)34)22-13-6-3-7-14-22/h3,6-10,13-16,21,25H,2,4-5,11-12,17-19H2,1H3,(H,33,34). The Bertz CT molecular complexity index is 1200. The fraction of sp³-hybridized carbons (Fsp3) is 0.379. The van der Waals surface area contributed by atoms with Crippen LogP contribution in [-0.2, 0) is 11.3 Å². The van der Waals surface area contributed by atoms with Gasteiger partial charge >= 0.3 is 5.97 Å². The number of carboxylic acid groups (broad SMARTS) is 1. The van der Waals surface area contributed by atoms with E-state index in [9.17, 15) is 14.7 Å². The molecule has 1 saturated carbocycles. The number of amides is 1. The van der Waals surface area contributed by atoms with Crippen molar-refractivity contribution in [3.05, 3.63) is 76.7 Å². The van der Waals surface area contributed by atoms with Crippen molar-refractivity contribution in [1.29, 1.82) is 0 Å². The number of thiophene rings is 1. The van der Waals surface area contributed by atoms with Crippen LogP contribution < -0.4 is 4.90 Å². The van der Waals surface area contributed by atoms with E-state index in [1.165, 1.54) is 41.7 Å². The average molecular weight is 489 g/mol. The smallest absolute Gasteiger partial charge is 0.348 e. The summed E-state index contributed by atoms with van der Waals surface area (Å²) in [6, 6.07) is 20.1. The van der Waals surface area contributed by atoms with E-state index < -0.39 is 5.97 Å². The number of aromatic carboxylic acids is 1. The Labute approximate surface area is 211 Å². The van der Waals surface area contributed by atoms with Crippen molar-refractivity contribution in [1.82, 2.24) is 4.90 Å². The molecule has 5 rings (SSSR count). The molecule has 2 fully saturated rings. The first-order valence-electron chi connectivity index (χ1n) is 12.5. The number of hydrogen-bond donors (Lipinski definition) is 1. The van der Waals surface area contributed by atoms with Gasteiger partial charge in [0, 0.05) is 18.0 Å². The first-order valence-corrected chi connectivity index (χ1v) is 13.3. The van der Waals surface area contributed by atoms with Gasteiger partial charge in [-0.3, -0.25) is 9.69 Å². The summed E-state index contributed by atoms with van der Waals surface area (Å²) >= 11 is 1.26. The van der Waals surface area contributed by atoms with Crippen LogP contribution in [0.2, 0.25) is 0 Å². The zero-order chi connectivity index (χ0) is 24.4. The van der Waals surface area contributed by atoms with Gasteiger partial charge in [0.05, 0.1) is 18.3 Å². The molecule has 1 unspecified atom stereocenters. The summed E-state index contributed by atoms with van der Waals surface area (Å²) in [6.07, 6.45) is 5.76. The second-order valence-electron chi connectivity index (χ2n) is 9.82. The van der Waals surface area contributed by atoms with Crippen molar-refractivity contribution < 1.29 is 14.7 Å². The molecule has 2 heterocycles. The largest absolute Gasteiger partial charge is 0.477 e. The van der Waals surface area contributed by atoms with E-state index in [0.29, 0.717) is 18.2 Å². The molecule has 3 aromatic rings. The maximum Gasteiger partial charge on any atom is 0.348 e. The predicted octanol–water partition coefficient (Wildman–Crippen LogP) is 6.22. The van der Waals surface area contributed by atoms with Gasteiger partial charge in [-0.25, -0.2) is 4.79 Å². The third-order valence-corrected chi connectivity index (χ3v) is 8.64. The number of rotatable bonds is 6. The number of carboxylic acids is 1. The van der Waals surface area contributed by atoms with Gasteiger partial charge in [-0.15, -0.1) is 11.3 Å². The molecule has 6 heteroatoms. The lowest BCUT2D eigenvalue weighted by molar-refractivity contribution is -0.123. The van der Waals surface area contributed by atoms with E-state index in [2.05, 4.69) is 30.0 Å². The molecule has 0 spiro atoms. The number of anilines is 1. The molecule has 35 heavy (non-hydrogen) atoms. The Balaban J connectivity index is 1.51. The van der Waals surface area contributed by atoms with E-state index in [4.69, 9.17) is 0 Å². The average Bonchev–Trinajstić information content (AvgIpc) is 3.32. The molecule has 0 radical (unpaired) electrons. The number of benzene rings is 2. The summed E-state index contributed by atoms with van der Waals surface area (Å²) in [7, 11) is 0. The number of nitrogens with zero attached hydrogens (tertiary/aromatic N) is 2. The second-order valence-corrected chi connectivity index (χ2v) is 10.9. The SMILES string of the molecule is Cc1ccccc1CN1CC(=O)N(c2cc(-c3ccccc3)sc2C(=O)O)C(C2CCCCC2)C1. The van der Waals surface area contributed by atoms with E-state index in [1.807, 2.05) is 47.4 Å². The molecule has 1 aliphatic carbocycles. The van der Waals surface area contributed by atoms with Gasteiger partial charge in [-0.2, -0.15) is 0 Å². The minimum Gasteiger partial charge on any atom is -0.477 e. The van der Waals surface area contributed by atoms with E-state index in [-0.39, 0.29) is 16.8 Å². The Morgan fingerprint density at radius 2 is 1.74 bits per heavy atom. The summed E-state index contributed by atoms with van der Waals surface area (Å²) in [5.41, 5.74) is 4.02. The van der Waals surface area contributed by atoms with Crippen LogP contribution in [0.15, 0.2) is 60.7 Å². The molecule has 2 aromatic carbocycles. The normalized spacial score (nSPS) is 19.7. The Kier molecular flexibility index (Phi) is 7.02. The van der Waals surface area contributed by atoms with Crippen molar-refractivity contribution >= 4 is 28.9 Å². The molecule has 1 atom stereocenters. The molecule has 182 valence electrons. The summed E-state index contributed by atoms with van der Waals surface area (Å²) < 4.78 is 0. The second kappa shape index (κ2) is 10.3. The molecular formula is C29H32N2O3S. The van der Waals surface area contributed by atoms with Gasteiger partial charge in [0.1, 0.15) is 4.88 Å². The lowest BCUT2D eigenvalue weighted by Gasteiger charge is -2.45. The maximum absolute atomic E-state index is 13.7. The van der Waals surface area contributed by atoms with Gasteiger partial charge in [0.2, 0.25) is 5.91 Å². The molecule has 1 N–H and O–H groups in total. The first kappa shape index (κ1) is 23.8. The molecular weight excluding hydrogens is 456 g/mol. The van der Waals surface area contributed by atoms with Crippen molar-refractivity contribution in [2.75, 3.05) is 18.0 Å². The monoisotopic (exact) mass is 488 g/mol. The van der Waals surface area contributed by atoms with Crippen LogP contribution in [0.5, 0.6) is 0 Å². The van der Waals surface area contributed by atoms with Crippen molar-refractivity contribution in [3.8, 4) is 10.4 Å². The maximum atomic E-state index is 13.7. The highest BCUT2D eigenvalue weighted by Gasteiger charge is 2.40. The lowest BCUT2D eigenvalue weighted by Crippen LogP contribution is -2.59. The summed E-state index contributed by atoms with van der Waals surface area (Å²) in [5, 5.41) is 10.1. The quantitative estimate of drug-likeness (QED) is 0.447. The van der Waals surface area contributed by atoms with Crippen LogP contribution in [0.1, 0.15) is 52.9 Å². The molecule has 5 nitrogen and oxygen atoms in total. The fourth-order valence-corrected chi connectivity index (χ4v) is 6.66. The van der Waals surface area contributed by atoms with Crippen LogP contribution in [0.4, 0.5) is 5.69 Å². The number of carbonyl (C=O) groups excluding carboxylic acids is 1. The topological polar surface area (TPSA) is 60.9 Å². The number of carbonyl (C=O) groups is 2. The van der Waals surface area contributed by atoms with E-state index >= 15 is 0 Å². The van der Waals surface area contributed by atoms with Crippen LogP contribution in [0, 0.1) is 12.8 Å². The van der Waals surface area contributed by atoms with Crippen LogP contribution in [-0.4, -0.2) is 41.0 Å². The van der Waals surface area contributed by atoms with Crippen LogP contribution in [0.3, 0.4) is 0 Å². The molecule has 1 aliphatic heterocycles. The van der Waals surface area contributed by atoms with Gasteiger partial charge in [0.25, 0.3) is 0 Å². The highest BCUT2D eigenvalue weighted by atomic mass is 32.1. The van der Waals surface area contributed by atoms with Crippen LogP contribution in [0.25, 0.3) is 10.4 Å².